The zero-order chi connectivity index (χ0) is 19.6. The van der Waals surface area contributed by atoms with Gasteiger partial charge in [0.25, 0.3) is 11.8 Å². The fraction of sp³-hybridized carbons (Fsp3) is 0.158. The zero-order valence-electron chi connectivity index (χ0n) is 14.6. The summed E-state index contributed by atoms with van der Waals surface area (Å²) in [6.45, 7) is 2.35. The molecule has 0 radical (unpaired) electrons. The van der Waals surface area contributed by atoms with Gasteiger partial charge < -0.3 is 9.47 Å². The summed E-state index contributed by atoms with van der Waals surface area (Å²) in [6.07, 6.45) is 1.56. The number of methoxy groups -OCH3 is 1. The number of amides is 2. The molecule has 2 aromatic carbocycles. The van der Waals surface area contributed by atoms with E-state index in [1.807, 2.05) is 13.0 Å². The lowest BCUT2D eigenvalue weighted by Crippen LogP contribution is -2.35. The summed E-state index contributed by atoms with van der Waals surface area (Å²) in [5.41, 5.74) is 3.91. The number of carbonyl (C=O) groups is 2. The zero-order valence-corrected chi connectivity index (χ0v) is 18.3. The van der Waals surface area contributed by atoms with E-state index in [1.54, 1.807) is 43.5 Å². The van der Waals surface area contributed by atoms with Crippen LogP contribution in [0.15, 0.2) is 46.4 Å². The van der Waals surface area contributed by atoms with E-state index in [0.717, 1.165) is 8.04 Å². The highest BCUT2D eigenvalue weighted by Crippen LogP contribution is 2.35. The van der Waals surface area contributed by atoms with E-state index in [9.17, 15) is 9.59 Å². The van der Waals surface area contributed by atoms with E-state index >= 15 is 0 Å². The highest BCUT2D eigenvalue weighted by atomic mass is 127. The number of nitrogens with one attached hydrogen (secondary N) is 1. The molecule has 2 amide bonds. The number of hydrogen-bond donors (Lipinski definition) is 1. The summed E-state index contributed by atoms with van der Waals surface area (Å²) in [5.74, 6) is 0.325. The fourth-order valence-electron chi connectivity index (χ4n) is 2.63. The summed E-state index contributed by atoms with van der Waals surface area (Å²) in [5, 5.41) is 1.23. The van der Waals surface area contributed by atoms with Crippen molar-refractivity contribution in [3.05, 3.63) is 55.6 Å². The number of anilines is 1. The van der Waals surface area contributed by atoms with Crippen LogP contribution in [0.25, 0.3) is 6.08 Å². The molecule has 0 saturated carbocycles. The second-order valence-corrected chi connectivity index (χ2v) is 7.66. The molecule has 0 aliphatic carbocycles. The van der Waals surface area contributed by atoms with Crippen LogP contribution in [0.4, 0.5) is 5.69 Å². The average molecular weight is 543 g/mol. The minimum atomic E-state index is -0.452. The van der Waals surface area contributed by atoms with Gasteiger partial charge in [0.15, 0.2) is 11.5 Å². The number of ether oxygens (including phenoxy) is 2. The van der Waals surface area contributed by atoms with Crippen molar-refractivity contribution in [1.82, 2.24) is 5.43 Å². The molecule has 2 aromatic rings. The Morgan fingerprint density at radius 1 is 1.22 bits per heavy atom. The van der Waals surface area contributed by atoms with Crippen LogP contribution >= 0.6 is 38.5 Å². The third-order valence-electron chi connectivity index (χ3n) is 3.82. The number of benzene rings is 2. The standard InChI is InChI=1S/C19H16BrIN2O4/c1-3-27-16-10-11(9-15(21)17(16)26-2)8-14-18(24)22-23(19(14)25)13-6-4-12(20)5-7-13/h4-10H,3H2,1-2H3,(H,22,24)/b14-8-. The molecule has 8 heteroatoms. The second-order valence-electron chi connectivity index (χ2n) is 5.58. The molecule has 0 aromatic heterocycles. The summed E-state index contributed by atoms with van der Waals surface area (Å²) in [4.78, 5) is 25.1. The van der Waals surface area contributed by atoms with Crippen molar-refractivity contribution < 1.29 is 19.1 Å². The average Bonchev–Trinajstić information content (AvgIpc) is 2.91. The predicted molar refractivity (Wildman–Crippen MR) is 115 cm³/mol. The third kappa shape index (κ3) is 4.11. The van der Waals surface area contributed by atoms with Crippen LogP contribution in [-0.4, -0.2) is 25.5 Å². The van der Waals surface area contributed by atoms with Gasteiger partial charge in [-0.05, 0) is 77.6 Å². The van der Waals surface area contributed by atoms with Gasteiger partial charge in [0, 0.05) is 4.47 Å². The van der Waals surface area contributed by atoms with E-state index in [2.05, 4.69) is 43.9 Å². The van der Waals surface area contributed by atoms with Crippen LogP contribution in [0.3, 0.4) is 0 Å². The minimum absolute atomic E-state index is 0.0568. The Morgan fingerprint density at radius 3 is 2.56 bits per heavy atom. The van der Waals surface area contributed by atoms with E-state index < -0.39 is 11.8 Å². The van der Waals surface area contributed by atoms with E-state index in [1.165, 1.54) is 5.01 Å². The molecule has 0 unspecified atom stereocenters. The molecule has 1 N–H and O–H groups in total. The molecule has 0 bridgehead atoms. The van der Waals surface area contributed by atoms with Gasteiger partial charge in [0.2, 0.25) is 0 Å². The van der Waals surface area contributed by atoms with Gasteiger partial charge in [-0.25, -0.2) is 5.01 Å². The molecule has 6 nitrogen and oxygen atoms in total. The predicted octanol–water partition coefficient (Wildman–Crippen LogP) is 3.92. The molecular weight excluding hydrogens is 527 g/mol. The van der Waals surface area contributed by atoms with Crippen molar-refractivity contribution in [2.75, 3.05) is 18.7 Å². The van der Waals surface area contributed by atoms with Crippen molar-refractivity contribution in [1.29, 1.82) is 0 Å². The maximum absolute atomic E-state index is 12.7. The van der Waals surface area contributed by atoms with Crippen LogP contribution in [0.2, 0.25) is 0 Å². The number of nitrogens with zero attached hydrogens (tertiary/aromatic N) is 1. The fourth-order valence-corrected chi connectivity index (χ4v) is 3.74. The highest BCUT2D eigenvalue weighted by Gasteiger charge is 2.34. The Balaban J connectivity index is 1.96. The molecule has 27 heavy (non-hydrogen) atoms. The largest absolute Gasteiger partial charge is 0.492 e. The molecule has 140 valence electrons. The smallest absolute Gasteiger partial charge is 0.282 e. The molecule has 3 rings (SSSR count). The number of rotatable bonds is 5. The summed E-state index contributed by atoms with van der Waals surface area (Å²) in [6, 6.07) is 10.7. The summed E-state index contributed by atoms with van der Waals surface area (Å²) in [7, 11) is 1.57. The van der Waals surface area contributed by atoms with Gasteiger partial charge >= 0.3 is 0 Å². The first-order valence-electron chi connectivity index (χ1n) is 8.07. The van der Waals surface area contributed by atoms with Crippen molar-refractivity contribution in [3.8, 4) is 11.5 Å². The van der Waals surface area contributed by atoms with Crippen LogP contribution < -0.4 is 19.9 Å². The van der Waals surface area contributed by atoms with Gasteiger partial charge in [0.05, 0.1) is 23.0 Å². The van der Waals surface area contributed by atoms with Gasteiger partial charge in [-0.1, -0.05) is 15.9 Å². The quantitative estimate of drug-likeness (QED) is 0.353. The minimum Gasteiger partial charge on any atom is -0.492 e. The second kappa shape index (κ2) is 8.30. The Hall–Kier alpha value is -2.07. The Bertz CT molecular complexity index is 928. The molecule has 1 aliphatic heterocycles. The van der Waals surface area contributed by atoms with Crippen molar-refractivity contribution >= 4 is 62.1 Å². The number of halogens is 2. The number of hydrogen-bond acceptors (Lipinski definition) is 4. The number of carbonyl (C=O) groups excluding carboxylic acids is 2. The maximum atomic E-state index is 12.7. The first kappa shape index (κ1) is 19.7. The lowest BCUT2D eigenvalue weighted by Gasteiger charge is -2.14. The number of hydrazine groups is 1. The van der Waals surface area contributed by atoms with E-state index in [4.69, 9.17) is 9.47 Å². The Morgan fingerprint density at radius 2 is 1.93 bits per heavy atom. The SMILES string of the molecule is CCOc1cc(/C=C2/C(=O)NN(c3ccc(Br)cc3)C2=O)cc(I)c1OC. The van der Waals surface area contributed by atoms with Crippen LogP contribution in [0.5, 0.6) is 11.5 Å². The summed E-state index contributed by atoms with van der Waals surface area (Å²) < 4.78 is 12.7. The molecule has 1 aliphatic rings. The lowest BCUT2D eigenvalue weighted by molar-refractivity contribution is -0.117. The summed E-state index contributed by atoms with van der Waals surface area (Å²) >= 11 is 5.48. The van der Waals surface area contributed by atoms with Gasteiger partial charge in [-0.2, -0.15) is 0 Å². The highest BCUT2D eigenvalue weighted by molar-refractivity contribution is 14.1. The van der Waals surface area contributed by atoms with Crippen LogP contribution in [0.1, 0.15) is 12.5 Å². The molecule has 1 saturated heterocycles. The molecule has 1 heterocycles. The molecule has 0 spiro atoms. The first-order valence-corrected chi connectivity index (χ1v) is 9.94. The van der Waals surface area contributed by atoms with Gasteiger partial charge in [-0.15, -0.1) is 0 Å². The van der Waals surface area contributed by atoms with E-state index in [-0.39, 0.29) is 5.57 Å². The maximum Gasteiger partial charge on any atom is 0.282 e. The third-order valence-corrected chi connectivity index (χ3v) is 5.15. The topological polar surface area (TPSA) is 67.9 Å². The first-order chi connectivity index (χ1) is 12.9. The molecule has 0 atom stereocenters. The Labute approximate surface area is 178 Å². The van der Waals surface area contributed by atoms with Crippen molar-refractivity contribution in [3.63, 3.8) is 0 Å². The van der Waals surface area contributed by atoms with Gasteiger partial charge in [-0.3, -0.25) is 15.0 Å². The van der Waals surface area contributed by atoms with E-state index in [0.29, 0.717) is 29.4 Å². The Kier molecular flexibility index (Phi) is 6.05. The monoisotopic (exact) mass is 542 g/mol. The molecule has 1 fully saturated rings. The van der Waals surface area contributed by atoms with Crippen molar-refractivity contribution in [2.45, 2.75) is 6.92 Å². The molecular formula is C19H16BrIN2O4. The normalized spacial score (nSPS) is 15.3. The van der Waals surface area contributed by atoms with Crippen molar-refractivity contribution in [2.24, 2.45) is 0 Å². The van der Waals surface area contributed by atoms with Crippen LogP contribution in [-0.2, 0) is 9.59 Å². The van der Waals surface area contributed by atoms with Crippen LogP contribution in [0, 0.1) is 3.57 Å². The van der Waals surface area contributed by atoms with Gasteiger partial charge in [0.1, 0.15) is 5.57 Å². The lowest BCUT2D eigenvalue weighted by atomic mass is 10.1.